The second-order valence-corrected chi connectivity index (χ2v) is 8.32. The monoisotopic (exact) mass is 273 g/mol. The number of rotatable bonds is 4. The third-order valence-corrected chi connectivity index (χ3v) is 4.35. The minimum absolute atomic E-state index is 0.252. The summed E-state index contributed by atoms with van der Waals surface area (Å²) in [6, 6.07) is 10.1. The Morgan fingerprint density at radius 2 is 1.70 bits per heavy atom. The Balaban J connectivity index is 2.03. The van der Waals surface area contributed by atoms with Gasteiger partial charge in [-0.3, -0.25) is 0 Å². The first kappa shape index (κ1) is 15.6. The molecule has 1 atom stereocenters. The molecule has 1 nitrogen and oxygen atoms in total. The zero-order valence-corrected chi connectivity index (χ0v) is 13.9. The van der Waals surface area contributed by atoms with Gasteiger partial charge in [0.15, 0.2) is 0 Å². The maximum absolute atomic E-state index is 3.58. The van der Waals surface area contributed by atoms with Gasteiger partial charge in [-0.15, -0.1) is 0 Å². The van der Waals surface area contributed by atoms with Gasteiger partial charge in [0.05, 0.1) is 0 Å². The third-order valence-electron chi connectivity index (χ3n) is 4.35. The van der Waals surface area contributed by atoms with E-state index in [1.165, 1.54) is 43.4 Å². The van der Waals surface area contributed by atoms with E-state index in [-0.39, 0.29) is 5.41 Å². The maximum atomic E-state index is 3.58. The van der Waals surface area contributed by atoms with Crippen LogP contribution in [0, 0.1) is 5.41 Å². The van der Waals surface area contributed by atoms with Crippen molar-refractivity contribution in [3.05, 3.63) is 35.4 Å². The van der Waals surface area contributed by atoms with Gasteiger partial charge in [0.25, 0.3) is 0 Å². The van der Waals surface area contributed by atoms with E-state index < -0.39 is 0 Å². The van der Waals surface area contributed by atoms with Crippen molar-refractivity contribution < 1.29 is 0 Å². The quantitative estimate of drug-likeness (QED) is 0.839. The van der Waals surface area contributed by atoms with Gasteiger partial charge in [-0.25, -0.2) is 0 Å². The lowest BCUT2D eigenvalue weighted by atomic mass is 9.72. The Kier molecular flexibility index (Phi) is 4.59. The molecule has 0 spiro atoms. The molecule has 0 bridgehead atoms. The van der Waals surface area contributed by atoms with Crippen molar-refractivity contribution in [2.75, 3.05) is 6.54 Å². The molecule has 20 heavy (non-hydrogen) atoms. The van der Waals surface area contributed by atoms with Crippen molar-refractivity contribution in [1.29, 1.82) is 0 Å². The van der Waals surface area contributed by atoms with Gasteiger partial charge in [-0.05, 0) is 54.2 Å². The number of benzene rings is 1. The SMILES string of the molecule is CC(C)(C)CC(C)(C)c1ccc(CC2CCCN2)cc1. The summed E-state index contributed by atoms with van der Waals surface area (Å²) in [5.74, 6) is 0. The number of nitrogens with one attached hydrogen (secondary N) is 1. The molecule has 1 heteroatoms. The summed E-state index contributed by atoms with van der Waals surface area (Å²) in [5.41, 5.74) is 3.56. The van der Waals surface area contributed by atoms with E-state index in [0.29, 0.717) is 11.5 Å². The molecule has 0 aromatic heterocycles. The molecule has 1 N–H and O–H groups in total. The molecular formula is C19H31N. The Morgan fingerprint density at radius 3 is 2.20 bits per heavy atom. The molecule has 0 amide bonds. The van der Waals surface area contributed by atoms with Gasteiger partial charge < -0.3 is 5.32 Å². The van der Waals surface area contributed by atoms with Crippen molar-refractivity contribution in [3.8, 4) is 0 Å². The Labute approximate surface area is 125 Å². The van der Waals surface area contributed by atoms with Gasteiger partial charge in [0, 0.05) is 6.04 Å². The lowest BCUT2D eigenvalue weighted by Gasteiger charge is -2.33. The molecule has 0 saturated carbocycles. The number of hydrogen-bond donors (Lipinski definition) is 1. The van der Waals surface area contributed by atoms with Crippen molar-refractivity contribution >= 4 is 0 Å². The molecule has 1 aliphatic rings. The zero-order valence-electron chi connectivity index (χ0n) is 13.9. The molecule has 112 valence electrons. The van der Waals surface area contributed by atoms with Crippen molar-refractivity contribution in [2.45, 2.75) is 71.8 Å². The molecule has 0 aliphatic carbocycles. The van der Waals surface area contributed by atoms with Crippen molar-refractivity contribution in [3.63, 3.8) is 0 Å². The van der Waals surface area contributed by atoms with Crippen LogP contribution in [-0.4, -0.2) is 12.6 Å². The first-order valence-electron chi connectivity index (χ1n) is 8.09. The van der Waals surface area contributed by atoms with Crippen LogP contribution in [-0.2, 0) is 11.8 Å². The highest BCUT2D eigenvalue weighted by atomic mass is 14.9. The Hall–Kier alpha value is -0.820. The van der Waals surface area contributed by atoms with Crippen LogP contribution in [0.4, 0.5) is 0 Å². The zero-order chi connectivity index (χ0) is 14.8. The third kappa shape index (κ3) is 4.34. The standard InChI is InChI=1S/C19H31N/c1-18(2,3)14-19(4,5)16-10-8-15(9-11-16)13-17-7-6-12-20-17/h8-11,17,20H,6-7,12-14H2,1-5H3. The predicted octanol–water partition coefficient (Wildman–Crippen LogP) is 4.69. The van der Waals surface area contributed by atoms with Crippen molar-refractivity contribution in [2.24, 2.45) is 5.41 Å². The molecule has 1 aromatic rings. The normalized spacial score (nSPS) is 20.4. The van der Waals surface area contributed by atoms with Crippen LogP contribution in [0.2, 0.25) is 0 Å². The smallest absolute Gasteiger partial charge is 0.0108 e. The Bertz CT molecular complexity index is 416. The summed E-state index contributed by atoms with van der Waals surface area (Å²) in [4.78, 5) is 0. The Morgan fingerprint density at radius 1 is 1.05 bits per heavy atom. The van der Waals surface area contributed by atoms with E-state index in [1.807, 2.05) is 0 Å². The highest BCUT2D eigenvalue weighted by molar-refractivity contribution is 5.29. The largest absolute Gasteiger partial charge is 0.314 e. The molecule has 1 unspecified atom stereocenters. The topological polar surface area (TPSA) is 12.0 Å². The first-order valence-corrected chi connectivity index (χ1v) is 8.09. The van der Waals surface area contributed by atoms with Gasteiger partial charge >= 0.3 is 0 Å². The second-order valence-electron chi connectivity index (χ2n) is 8.32. The fourth-order valence-corrected chi connectivity index (χ4v) is 3.74. The summed E-state index contributed by atoms with van der Waals surface area (Å²) in [7, 11) is 0. The molecule has 1 heterocycles. The summed E-state index contributed by atoms with van der Waals surface area (Å²) in [6.07, 6.45) is 5.06. The molecule has 1 fully saturated rings. The minimum Gasteiger partial charge on any atom is -0.314 e. The molecule has 0 radical (unpaired) electrons. The fraction of sp³-hybridized carbons (Fsp3) is 0.684. The van der Waals surface area contributed by atoms with Crippen LogP contribution in [0.15, 0.2) is 24.3 Å². The van der Waals surface area contributed by atoms with Crippen LogP contribution in [0.1, 0.15) is 65.0 Å². The van der Waals surface area contributed by atoms with Gasteiger partial charge in [-0.2, -0.15) is 0 Å². The number of hydrogen-bond acceptors (Lipinski definition) is 1. The van der Waals surface area contributed by atoms with Crippen LogP contribution in [0.5, 0.6) is 0 Å². The van der Waals surface area contributed by atoms with Gasteiger partial charge in [0.1, 0.15) is 0 Å². The van der Waals surface area contributed by atoms with E-state index in [4.69, 9.17) is 0 Å². The van der Waals surface area contributed by atoms with Crippen LogP contribution < -0.4 is 5.32 Å². The van der Waals surface area contributed by atoms with Crippen LogP contribution in [0.3, 0.4) is 0 Å². The van der Waals surface area contributed by atoms with E-state index in [1.54, 1.807) is 0 Å². The maximum Gasteiger partial charge on any atom is 0.0108 e. The highest BCUT2D eigenvalue weighted by Gasteiger charge is 2.27. The van der Waals surface area contributed by atoms with E-state index in [2.05, 4.69) is 64.2 Å². The predicted molar refractivity (Wildman–Crippen MR) is 88.3 cm³/mol. The lowest BCUT2D eigenvalue weighted by Crippen LogP contribution is -2.25. The van der Waals surface area contributed by atoms with Crippen LogP contribution >= 0.6 is 0 Å². The summed E-state index contributed by atoms with van der Waals surface area (Å²) >= 11 is 0. The van der Waals surface area contributed by atoms with Crippen molar-refractivity contribution in [1.82, 2.24) is 5.32 Å². The molecular weight excluding hydrogens is 242 g/mol. The van der Waals surface area contributed by atoms with Gasteiger partial charge in [0.2, 0.25) is 0 Å². The highest BCUT2D eigenvalue weighted by Crippen LogP contribution is 2.36. The minimum atomic E-state index is 0.252. The molecule has 1 saturated heterocycles. The van der Waals surface area contributed by atoms with E-state index >= 15 is 0 Å². The average Bonchev–Trinajstić information content (AvgIpc) is 2.79. The summed E-state index contributed by atoms with van der Waals surface area (Å²) < 4.78 is 0. The second kappa shape index (κ2) is 5.89. The molecule has 1 aliphatic heterocycles. The van der Waals surface area contributed by atoms with Gasteiger partial charge in [-0.1, -0.05) is 58.9 Å². The van der Waals surface area contributed by atoms with Crippen LogP contribution in [0.25, 0.3) is 0 Å². The fourth-order valence-electron chi connectivity index (χ4n) is 3.74. The first-order chi connectivity index (χ1) is 9.26. The van der Waals surface area contributed by atoms with E-state index in [9.17, 15) is 0 Å². The van der Waals surface area contributed by atoms with E-state index in [0.717, 1.165) is 0 Å². The summed E-state index contributed by atoms with van der Waals surface area (Å²) in [6.45, 7) is 12.9. The lowest BCUT2D eigenvalue weighted by molar-refractivity contribution is 0.284. The average molecular weight is 273 g/mol. The molecule has 2 rings (SSSR count). The summed E-state index contributed by atoms with van der Waals surface area (Å²) in [5, 5.41) is 3.58. The molecule has 1 aromatic carbocycles.